The van der Waals surface area contributed by atoms with Crippen LogP contribution in [0.15, 0.2) is 23.1 Å². The van der Waals surface area contributed by atoms with Gasteiger partial charge in [0.15, 0.2) is 0 Å². The number of piperidine rings is 1. The summed E-state index contributed by atoms with van der Waals surface area (Å²) < 4.78 is 5.89. The molecule has 2 aliphatic heterocycles. The van der Waals surface area contributed by atoms with Gasteiger partial charge in [-0.15, -0.1) is 11.8 Å². The summed E-state index contributed by atoms with van der Waals surface area (Å²) in [5.74, 6) is 2.15. The van der Waals surface area contributed by atoms with Crippen molar-refractivity contribution in [1.82, 2.24) is 4.90 Å². The standard InChI is InChI=1S/C16H24N2OS/c1-2-8-18(9-3-1)10-4-11-19-14-5-6-16-15(13-14)17-7-12-20-16/h5-6,13,17H,1-4,7-12H2. The van der Waals surface area contributed by atoms with Crippen molar-refractivity contribution in [2.45, 2.75) is 30.6 Å². The smallest absolute Gasteiger partial charge is 0.121 e. The van der Waals surface area contributed by atoms with Gasteiger partial charge in [-0.1, -0.05) is 6.42 Å². The molecule has 0 atom stereocenters. The van der Waals surface area contributed by atoms with Crippen molar-refractivity contribution in [2.75, 3.05) is 43.9 Å². The molecule has 3 nitrogen and oxygen atoms in total. The minimum absolute atomic E-state index is 0.822. The third-order valence-electron chi connectivity index (χ3n) is 3.96. The van der Waals surface area contributed by atoms with Crippen molar-refractivity contribution in [3.63, 3.8) is 0 Å². The zero-order valence-electron chi connectivity index (χ0n) is 12.1. The number of nitrogens with zero attached hydrogens (tertiary/aromatic N) is 1. The maximum absolute atomic E-state index is 5.89. The fourth-order valence-electron chi connectivity index (χ4n) is 2.87. The highest BCUT2D eigenvalue weighted by molar-refractivity contribution is 7.99. The Morgan fingerprint density at radius 3 is 3.00 bits per heavy atom. The minimum atomic E-state index is 0.822. The highest BCUT2D eigenvalue weighted by Gasteiger charge is 2.11. The zero-order chi connectivity index (χ0) is 13.6. The van der Waals surface area contributed by atoms with E-state index in [1.807, 2.05) is 11.8 Å². The number of hydrogen-bond donors (Lipinski definition) is 1. The van der Waals surface area contributed by atoms with Crippen LogP contribution in [0.4, 0.5) is 5.69 Å². The lowest BCUT2D eigenvalue weighted by atomic mass is 10.1. The molecular weight excluding hydrogens is 268 g/mol. The molecule has 2 aliphatic rings. The van der Waals surface area contributed by atoms with Gasteiger partial charge in [0.25, 0.3) is 0 Å². The number of ether oxygens (including phenoxy) is 1. The minimum Gasteiger partial charge on any atom is -0.493 e. The van der Waals surface area contributed by atoms with Gasteiger partial charge in [0.2, 0.25) is 0 Å². The number of anilines is 1. The molecule has 110 valence electrons. The van der Waals surface area contributed by atoms with E-state index < -0.39 is 0 Å². The van der Waals surface area contributed by atoms with Gasteiger partial charge in [0, 0.05) is 29.8 Å². The second-order valence-electron chi connectivity index (χ2n) is 5.54. The summed E-state index contributed by atoms with van der Waals surface area (Å²) in [6.07, 6.45) is 5.27. The molecule has 1 aromatic carbocycles. The van der Waals surface area contributed by atoms with Crippen LogP contribution in [0.3, 0.4) is 0 Å². The second-order valence-corrected chi connectivity index (χ2v) is 6.67. The van der Waals surface area contributed by atoms with Crippen LogP contribution < -0.4 is 10.1 Å². The molecule has 1 aromatic rings. The molecule has 1 N–H and O–H groups in total. The molecule has 3 rings (SSSR count). The maximum Gasteiger partial charge on any atom is 0.121 e. The molecule has 0 aliphatic carbocycles. The molecule has 1 fully saturated rings. The third kappa shape index (κ3) is 3.83. The number of nitrogens with one attached hydrogen (secondary N) is 1. The predicted molar refractivity (Wildman–Crippen MR) is 86.1 cm³/mol. The van der Waals surface area contributed by atoms with Gasteiger partial charge >= 0.3 is 0 Å². The Hall–Kier alpha value is -0.870. The first-order valence-corrected chi connectivity index (χ1v) is 8.76. The van der Waals surface area contributed by atoms with Crippen molar-refractivity contribution >= 4 is 17.4 Å². The predicted octanol–water partition coefficient (Wildman–Crippen LogP) is 3.46. The molecule has 2 heterocycles. The Kier molecular flexibility index (Phi) is 5.09. The molecule has 0 bridgehead atoms. The average Bonchev–Trinajstić information content (AvgIpc) is 2.52. The van der Waals surface area contributed by atoms with Crippen molar-refractivity contribution in [3.8, 4) is 5.75 Å². The lowest BCUT2D eigenvalue weighted by Crippen LogP contribution is -2.31. The maximum atomic E-state index is 5.89. The molecule has 0 unspecified atom stereocenters. The first-order valence-electron chi connectivity index (χ1n) is 7.78. The van der Waals surface area contributed by atoms with E-state index in [1.165, 1.54) is 49.5 Å². The van der Waals surface area contributed by atoms with Gasteiger partial charge in [-0.05, 0) is 44.5 Å². The Bertz CT molecular complexity index is 432. The molecule has 1 saturated heterocycles. The van der Waals surface area contributed by atoms with Gasteiger partial charge in [0.05, 0.1) is 12.3 Å². The summed E-state index contributed by atoms with van der Waals surface area (Å²) in [7, 11) is 0. The molecule has 0 saturated carbocycles. The van der Waals surface area contributed by atoms with E-state index in [4.69, 9.17) is 4.74 Å². The van der Waals surface area contributed by atoms with Crippen LogP contribution in [0.2, 0.25) is 0 Å². The van der Waals surface area contributed by atoms with E-state index in [-0.39, 0.29) is 0 Å². The molecule has 0 amide bonds. The van der Waals surface area contributed by atoms with Crippen molar-refractivity contribution in [1.29, 1.82) is 0 Å². The summed E-state index contributed by atoms with van der Waals surface area (Å²) >= 11 is 1.92. The topological polar surface area (TPSA) is 24.5 Å². The van der Waals surface area contributed by atoms with Crippen LogP contribution in [0, 0.1) is 0 Å². The van der Waals surface area contributed by atoms with Crippen LogP contribution in [0.5, 0.6) is 5.75 Å². The Balaban J connectivity index is 1.41. The molecule has 0 radical (unpaired) electrons. The van der Waals surface area contributed by atoms with Crippen LogP contribution in [0.1, 0.15) is 25.7 Å². The summed E-state index contributed by atoms with van der Waals surface area (Å²) in [4.78, 5) is 3.91. The SMILES string of the molecule is c1cc2c(cc1OCCCN1CCCCC1)NCCS2. The third-order valence-corrected chi connectivity index (χ3v) is 5.04. The van der Waals surface area contributed by atoms with E-state index >= 15 is 0 Å². The molecular formula is C16H24N2OS. The first-order chi connectivity index (χ1) is 9.92. The van der Waals surface area contributed by atoms with Crippen LogP contribution in [-0.4, -0.2) is 43.4 Å². The largest absolute Gasteiger partial charge is 0.493 e. The van der Waals surface area contributed by atoms with E-state index in [2.05, 4.69) is 28.4 Å². The Morgan fingerprint density at radius 2 is 2.10 bits per heavy atom. The Morgan fingerprint density at radius 1 is 1.20 bits per heavy atom. The second kappa shape index (κ2) is 7.23. The highest BCUT2D eigenvalue weighted by Crippen LogP contribution is 2.33. The van der Waals surface area contributed by atoms with Crippen molar-refractivity contribution in [3.05, 3.63) is 18.2 Å². The van der Waals surface area contributed by atoms with Gasteiger partial charge in [-0.25, -0.2) is 0 Å². The number of fused-ring (bicyclic) bond motifs is 1. The summed E-state index contributed by atoms with van der Waals surface area (Å²) in [6.45, 7) is 5.61. The normalized spacial score (nSPS) is 19.2. The number of likely N-dealkylation sites (tertiary alicyclic amines) is 1. The first kappa shape index (κ1) is 14.1. The Labute approximate surface area is 126 Å². The summed E-state index contributed by atoms with van der Waals surface area (Å²) in [6, 6.07) is 6.41. The fraction of sp³-hybridized carbons (Fsp3) is 0.625. The van der Waals surface area contributed by atoms with E-state index in [1.54, 1.807) is 0 Å². The number of rotatable bonds is 5. The van der Waals surface area contributed by atoms with E-state index in [0.29, 0.717) is 0 Å². The highest BCUT2D eigenvalue weighted by atomic mass is 32.2. The van der Waals surface area contributed by atoms with Crippen LogP contribution >= 0.6 is 11.8 Å². The van der Waals surface area contributed by atoms with Crippen molar-refractivity contribution < 1.29 is 4.74 Å². The van der Waals surface area contributed by atoms with Crippen LogP contribution in [-0.2, 0) is 0 Å². The zero-order valence-corrected chi connectivity index (χ0v) is 12.9. The fourth-order valence-corrected chi connectivity index (χ4v) is 3.75. The molecule has 4 heteroatoms. The number of hydrogen-bond acceptors (Lipinski definition) is 4. The van der Waals surface area contributed by atoms with Crippen LogP contribution in [0.25, 0.3) is 0 Å². The van der Waals surface area contributed by atoms with Gasteiger partial charge in [-0.3, -0.25) is 0 Å². The number of benzene rings is 1. The van der Waals surface area contributed by atoms with Gasteiger partial charge in [0.1, 0.15) is 5.75 Å². The van der Waals surface area contributed by atoms with Gasteiger partial charge < -0.3 is 15.0 Å². The van der Waals surface area contributed by atoms with E-state index in [0.717, 1.165) is 31.1 Å². The monoisotopic (exact) mass is 292 g/mol. The van der Waals surface area contributed by atoms with Gasteiger partial charge in [-0.2, -0.15) is 0 Å². The number of thioether (sulfide) groups is 1. The lowest BCUT2D eigenvalue weighted by Gasteiger charge is -2.26. The van der Waals surface area contributed by atoms with Crippen molar-refractivity contribution in [2.24, 2.45) is 0 Å². The van der Waals surface area contributed by atoms with E-state index in [9.17, 15) is 0 Å². The summed E-state index contributed by atoms with van der Waals surface area (Å²) in [5.41, 5.74) is 1.23. The summed E-state index contributed by atoms with van der Waals surface area (Å²) in [5, 5.41) is 3.44. The quantitative estimate of drug-likeness (QED) is 0.840. The molecule has 0 aromatic heterocycles. The average molecular weight is 292 g/mol. The lowest BCUT2D eigenvalue weighted by molar-refractivity contribution is 0.205. The molecule has 20 heavy (non-hydrogen) atoms. The molecule has 0 spiro atoms.